The van der Waals surface area contributed by atoms with Crippen molar-refractivity contribution < 1.29 is 5.11 Å². The molecule has 1 aliphatic rings. The third-order valence-electron chi connectivity index (χ3n) is 3.24. The molecule has 0 radical (unpaired) electrons. The summed E-state index contributed by atoms with van der Waals surface area (Å²) in [7, 11) is 0. The molecule has 86 valence electrons. The third-order valence-corrected chi connectivity index (χ3v) is 3.24. The van der Waals surface area contributed by atoms with Gasteiger partial charge in [-0.3, -0.25) is 0 Å². The van der Waals surface area contributed by atoms with Crippen molar-refractivity contribution in [2.45, 2.75) is 53.1 Å². The van der Waals surface area contributed by atoms with Crippen LogP contribution in [0.4, 0.5) is 0 Å². The SMILES string of the molecule is CC.CCN1CCC(O)(C(C)C)CC1. The molecular formula is C12H27NO. The van der Waals surface area contributed by atoms with E-state index in [1.807, 2.05) is 13.8 Å². The second kappa shape index (κ2) is 6.41. The molecule has 0 amide bonds. The lowest BCUT2D eigenvalue weighted by molar-refractivity contribution is -0.0554. The minimum atomic E-state index is -0.383. The van der Waals surface area contributed by atoms with Crippen molar-refractivity contribution in [3.05, 3.63) is 0 Å². The molecule has 2 nitrogen and oxygen atoms in total. The molecule has 2 heteroatoms. The lowest BCUT2D eigenvalue weighted by Crippen LogP contribution is -2.47. The average Bonchev–Trinajstić information content (AvgIpc) is 2.22. The molecule has 0 aromatic rings. The largest absolute Gasteiger partial charge is 0.390 e. The molecule has 1 rings (SSSR count). The second-order valence-electron chi connectivity index (χ2n) is 4.19. The first-order valence-electron chi connectivity index (χ1n) is 6.03. The van der Waals surface area contributed by atoms with Crippen LogP contribution in [-0.2, 0) is 0 Å². The van der Waals surface area contributed by atoms with Gasteiger partial charge in [0.25, 0.3) is 0 Å². The molecule has 0 aromatic carbocycles. The van der Waals surface area contributed by atoms with Crippen molar-refractivity contribution >= 4 is 0 Å². The van der Waals surface area contributed by atoms with Crippen LogP contribution in [0.1, 0.15) is 47.5 Å². The number of piperidine rings is 1. The van der Waals surface area contributed by atoms with Crippen molar-refractivity contribution in [1.29, 1.82) is 0 Å². The fourth-order valence-corrected chi connectivity index (χ4v) is 1.83. The van der Waals surface area contributed by atoms with Crippen LogP contribution in [0.5, 0.6) is 0 Å². The Kier molecular flexibility index (Phi) is 6.38. The first-order valence-corrected chi connectivity index (χ1v) is 6.03. The topological polar surface area (TPSA) is 23.5 Å². The summed E-state index contributed by atoms with van der Waals surface area (Å²) in [5, 5.41) is 10.1. The van der Waals surface area contributed by atoms with Gasteiger partial charge in [-0.1, -0.05) is 34.6 Å². The Morgan fingerprint density at radius 3 is 1.93 bits per heavy atom. The number of hydrogen-bond donors (Lipinski definition) is 1. The molecule has 0 atom stereocenters. The van der Waals surface area contributed by atoms with Crippen LogP contribution < -0.4 is 0 Å². The predicted octanol–water partition coefficient (Wildman–Crippen LogP) is 2.52. The van der Waals surface area contributed by atoms with Crippen molar-refractivity contribution in [2.24, 2.45) is 5.92 Å². The summed E-state index contributed by atoms with van der Waals surface area (Å²) in [5.74, 6) is 0.400. The van der Waals surface area contributed by atoms with Gasteiger partial charge in [-0.15, -0.1) is 0 Å². The van der Waals surface area contributed by atoms with E-state index in [1.54, 1.807) is 0 Å². The summed E-state index contributed by atoms with van der Waals surface area (Å²) >= 11 is 0. The van der Waals surface area contributed by atoms with Gasteiger partial charge in [-0.05, 0) is 25.3 Å². The molecule has 14 heavy (non-hydrogen) atoms. The highest BCUT2D eigenvalue weighted by molar-refractivity contribution is 4.87. The van der Waals surface area contributed by atoms with E-state index in [0.29, 0.717) is 5.92 Å². The van der Waals surface area contributed by atoms with Gasteiger partial charge >= 0.3 is 0 Å². The summed E-state index contributed by atoms with van der Waals surface area (Å²) in [6, 6.07) is 0. The van der Waals surface area contributed by atoms with Gasteiger partial charge in [0.05, 0.1) is 5.60 Å². The Hall–Kier alpha value is -0.0800. The Labute approximate surface area is 89.3 Å². The van der Waals surface area contributed by atoms with Crippen molar-refractivity contribution in [1.82, 2.24) is 4.90 Å². The molecule has 0 bridgehead atoms. The maximum Gasteiger partial charge on any atom is 0.0694 e. The van der Waals surface area contributed by atoms with Crippen LogP contribution in [0, 0.1) is 5.92 Å². The van der Waals surface area contributed by atoms with E-state index in [1.165, 1.54) is 0 Å². The van der Waals surface area contributed by atoms with Gasteiger partial charge in [0.2, 0.25) is 0 Å². The summed E-state index contributed by atoms with van der Waals surface area (Å²) in [5.41, 5.74) is -0.383. The monoisotopic (exact) mass is 201 g/mol. The molecular weight excluding hydrogens is 174 g/mol. The van der Waals surface area contributed by atoms with Crippen LogP contribution in [0.15, 0.2) is 0 Å². The van der Waals surface area contributed by atoms with Crippen molar-refractivity contribution in [3.8, 4) is 0 Å². The predicted molar refractivity (Wildman–Crippen MR) is 62.5 cm³/mol. The molecule has 0 aromatic heterocycles. The van der Waals surface area contributed by atoms with Gasteiger partial charge in [0, 0.05) is 13.1 Å². The van der Waals surface area contributed by atoms with E-state index >= 15 is 0 Å². The maximum atomic E-state index is 10.1. The Morgan fingerprint density at radius 2 is 1.64 bits per heavy atom. The van der Waals surface area contributed by atoms with Gasteiger partial charge in [-0.25, -0.2) is 0 Å². The Morgan fingerprint density at radius 1 is 1.21 bits per heavy atom. The molecule has 0 unspecified atom stereocenters. The van der Waals surface area contributed by atoms with E-state index in [-0.39, 0.29) is 5.60 Å². The highest BCUT2D eigenvalue weighted by Gasteiger charge is 2.34. The normalized spacial score (nSPS) is 21.6. The Bertz CT molecular complexity index is 137. The number of aliphatic hydroxyl groups is 1. The first-order chi connectivity index (χ1) is 6.58. The molecule has 1 heterocycles. The zero-order valence-corrected chi connectivity index (χ0v) is 10.5. The number of nitrogens with zero attached hydrogens (tertiary/aromatic N) is 1. The standard InChI is InChI=1S/C10H21NO.C2H6/c1-4-11-7-5-10(12,6-8-11)9(2)3;1-2/h9,12H,4-8H2,1-3H3;1-2H3. The van der Waals surface area contributed by atoms with Crippen LogP contribution >= 0.6 is 0 Å². The van der Waals surface area contributed by atoms with Gasteiger partial charge in [0.15, 0.2) is 0 Å². The van der Waals surface area contributed by atoms with Crippen LogP contribution in [0.25, 0.3) is 0 Å². The zero-order valence-electron chi connectivity index (χ0n) is 10.5. The van der Waals surface area contributed by atoms with Crippen LogP contribution in [0.2, 0.25) is 0 Å². The molecule has 1 saturated heterocycles. The molecule has 1 fully saturated rings. The fourth-order valence-electron chi connectivity index (χ4n) is 1.83. The van der Waals surface area contributed by atoms with Crippen molar-refractivity contribution in [3.63, 3.8) is 0 Å². The minimum absolute atomic E-state index is 0.383. The molecule has 1 aliphatic heterocycles. The highest BCUT2D eigenvalue weighted by Crippen LogP contribution is 2.29. The second-order valence-corrected chi connectivity index (χ2v) is 4.19. The average molecular weight is 201 g/mol. The van der Waals surface area contributed by atoms with E-state index in [9.17, 15) is 5.11 Å². The smallest absolute Gasteiger partial charge is 0.0694 e. The zero-order chi connectivity index (χ0) is 11.2. The summed E-state index contributed by atoms with van der Waals surface area (Å²) in [4.78, 5) is 2.40. The molecule has 0 spiro atoms. The number of likely N-dealkylation sites (tertiary alicyclic amines) is 1. The molecule has 0 aliphatic carbocycles. The lowest BCUT2D eigenvalue weighted by Gasteiger charge is -2.40. The number of rotatable bonds is 2. The molecule has 0 saturated carbocycles. The van der Waals surface area contributed by atoms with E-state index in [0.717, 1.165) is 32.5 Å². The Balaban J connectivity index is 0.000000791. The van der Waals surface area contributed by atoms with Crippen LogP contribution in [-0.4, -0.2) is 35.2 Å². The first kappa shape index (κ1) is 13.9. The number of hydrogen-bond acceptors (Lipinski definition) is 2. The summed E-state index contributed by atoms with van der Waals surface area (Å²) in [6.45, 7) is 13.6. The van der Waals surface area contributed by atoms with Crippen LogP contribution in [0.3, 0.4) is 0 Å². The van der Waals surface area contributed by atoms with Gasteiger partial charge in [-0.2, -0.15) is 0 Å². The van der Waals surface area contributed by atoms with Gasteiger partial charge < -0.3 is 10.0 Å². The third kappa shape index (κ3) is 3.58. The van der Waals surface area contributed by atoms with Crippen molar-refractivity contribution in [2.75, 3.05) is 19.6 Å². The highest BCUT2D eigenvalue weighted by atomic mass is 16.3. The fraction of sp³-hybridized carbons (Fsp3) is 1.00. The van der Waals surface area contributed by atoms with E-state index in [2.05, 4.69) is 25.7 Å². The van der Waals surface area contributed by atoms with E-state index < -0.39 is 0 Å². The summed E-state index contributed by atoms with van der Waals surface area (Å²) in [6.07, 6.45) is 1.89. The van der Waals surface area contributed by atoms with E-state index in [4.69, 9.17) is 0 Å². The van der Waals surface area contributed by atoms with Gasteiger partial charge in [0.1, 0.15) is 0 Å². The lowest BCUT2D eigenvalue weighted by atomic mass is 9.82. The summed E-state index contributed by atoms with van der Waals surface area (Å²) < 4.78 is 0. The molecule has 1 N–H and O–H groups in total. The minimum Gasteiger partial charge on any atom is -0.390 e. The maximum absolute atomic E-state index is 10.1. The quantitative estimate of drug-likeness (QED) is 0.742.